The Balaban J connectivity index is 1.70. The van der Waals surface area contributed by atoms with Gasteiger partial charge in [0.1, 0.15) is 11.6 Å². The summed E-state index contributed by atoms with van der Waals surface area (Å²) in [5.74, 6) is -1.24. The Morgan fingerprint density at radius 2 is 1.79 bits per heavy atom. The van der Waals surface area contributed by atoms with Crippen molar-refractivity contribution in [2.45, 2.75) is 11.4 Å². The first kappa shape index (κ1) is 23.5. The number of sulfonamides is 1. The molecule has 1 aromatic heterocycles. The van der Waals surface area contributed by atoms with Gasteiger partial charge in [0, 0.05) is 37.9 Å². The summed E-state index contributed by atoms with van der Waals surface area (Å²) >= 11 is 0. The fourth-order valence-corrected chi connectivity index (χ4v) is 4.88. The SMILES string of the molecule is CN(Cc1ccc(OCC(=O)O)c(-c2ccc3ccn(C)c3c2)c1)S(=O)(=O)c1ccc(F)cc1. The van der Waals surface area contributed by atoms with Gasteiger partial charge in [-0.25, -0.2) is 17.6 Å². The number of aryl methyl sites for hydroxylation is 1. The van der Waals surface area contributed by atoms with E-state index >= 15 is 0 Å². The molecule has 9 heteroatoms. The minimum absolute atomic E-state index is 0.00723. The van der Waals surface area contributed by atoms with Crippen LogP contribution >= 0.6 is 0 Å². The van der Waals surface area contributed by atoms with Gasteiger partial charge in [-0.15, -0.1) is 0 Å². The zero-order valence-corrected chi connectivity index (χ0v) is 19.4. The smallest absolute Gasteiger partial charge is 0.341 e. The van der Waals surface area contributed by atoms with Crippen molar-refractivity contribution < 1.29 is 27.4 Å². The molecule has 0 bridgehead atoms. The molecule has 0 aliphatic heterocycles. The molecule has 0 amide bonds. The molecule has 0 unspecified atom stereocenters. The number of hydrogen-bond donors (Lipinski definition) is 1. The number of rotatable bonds is 8. The number of hydrogen-bond acceptors (Lipinski definition) is 4. The Bertz CT molecular complexity index is 1460. The van der Waals surface area contributed by atoms with Crippen LogP contribution in [0.4, 0.5) is 4.39 Å². The second-order valence-electron chi connectivity index (χ2n) is 7.93. The number of carbonyl (C=O) groups is 1. The summed E-state index contributed by atoms with van der Waals surface area (Å²) in [5, 5.41) is 10.1. The van der Waals surface area contributed by atoms with E-state index in [4.69, 9.17) is 9.84 Å². The number of carboxylic acid groups (broad SMARTS) is 1. The third-order valence-electron chi connectivity index (χ3n) is 5.52. The Labute approximate surface area is 196 Å². The monoisotopic (exact) mass is 482 g/mol. The minimum atomic E-state index is -3.84. The highest BCUT2D eigenvalue weighted by Crippen LogP contribution is 2.34. The summed E-state index contributed by atoms with van der Waals surface area (Å²) in [5.41, 5.74) is 3.12. The number of halogens is 1. The van der Waals surface area contributed by atoms with Gasteiger partial charge in [0.15, 0.2) is 6.61 Å². The van der Waals surface area contributed by atoms with Crippen molar-refractivity contribution in [1.82, 2.24) is 8.87 Å². The summed E-state index contributed by atoms with van der Waals surface area (Å²) in [7, 11) is -0.458. The summed E-state index contributed by atoms with van der Waals surface area (Å²) < 4.78 is 47.7. The second-order valence-corrected chi connectivity index (χ2v) is 9.97. The number of aliphatic carboxylic acids is 1. The molecule has 34 heavy (non-hydrogen) atoms. The van der Waals surface area contributed by atoms with E-state index in [-0.39, 0.29) is 11.4 Å². The summed E-state index contributed by atoms with van der Waals surface area (Å²) in [6.45, 7) is -0.448. The van der Waals surface area contributed by atoms with Gasteiger partial charge in [-0.1, -0.05) is 18.2 Å². The van der Waals surface area contributed by atoms with Crippen LogP contribution in [0.2, 0.25) is 0 Å². The van der Waals surface area contributed by atoms with Gasteiger partial charge in [-0.05, 0) is 65.0 Å². The van der Waals surface area contributed by atoms with E-state index < -0.39 is 28.4 Å². The van der Waals surface area contributed by atoms with Crippen molar-refractivity contribution in [3.8, 4) is 16.9 Å². The molecular weight excluding hydrogens is 459 g/mol. The summed E-state index contributed by atoms with van der Waals surface area (Å²) in [6.07, 6.45) is 1.95. The quantitative estimate of drug-likeness (QED) is 0.405. The van der Waals surface area contributed by atoms with Crippen LogP contribution in [-0.2, 0) is 28.4 Å². The Morgan fingerprint density at radius 3 is 2.50 bits per heavy atom. The summed E-state index contributed by atoms with van der Waals surface area (Å²) in [4.78, 5) is 11.1. The molecule has 1 heterocycles. The lowest BCUT2D eigenvalue weighted by Crippen LogP contribution is -2.26. The molecule has 7 nitrogen and oxygen atoms in total. The fraction of sp³-hybridized carbons (Fsp3) is 0.160. The molecule has 0 saturated heterocycles. The number of carboxylic acids is 1. The molecule has 4 rings (SSSR count). The lowest BCUT2D eigenvalue weighted by molar-refractivity contribution is -0.139. The highest BCUT2D eigenvalue weighted by atomic mass is 32.2. The van der Waals surface area contributed by atoms with Crippen molar-refractivity contribution in [1.29, 1.82) is 0 Å². The van der Waals surface area contributed by atoms with Crippen LogP contribution in [0, 0.1) is 5.82 Å². The molecule has 3 aromatic carbocycles. The van der Waals surface area contributed by atoms with Crippen molar-refractivity contribution in [2.75, 3.05) is 13.7 Å². The van der Waals surface area contributed by atoms with Crippen LogP contribution < -0.4 is 4.74 Å². The van der Waals surface area contributed by atoms with Gasteiger partial charge in [0.05, 0.1) is 4.90 Å². The van der Waals surface area contributed by atoms with Gasteiger partial charge < -0.3 is 14.4 Å². The van der Waals surface area contributed by atoms with E-state index in [9.17, 15) is 17.6 Å². The lowest BCUT2D eigenvalue weighted by Gasteiger charge is -2.19. The standard InChI is InChI=1S/C25H23FN2O5S/c1-27-12-11-18-4-5-19(14-23(18)27)22-13-17(3-10-24(22)33-16-25(29)30)15-28(2)34(31,32)21-8-6-20(26)7-9-21/h3-14H,15-16H2,1-2H3,(H,29,30). The maximum atomic E-state index is 13.2. The first-order valence-electron chi connectivity index (χ1n) is 10.4. The Hall–Kier alpha value is -3.69. The van der Waals surface area contributed by atoms with E-state index in [1.54, 1.807) is 18.2 Å². The maximum absolute atomic E-state index is 13.2. The van der Waals surface area contributed by atoms with Crippen molar-refractivity contribution in [2.24, 2.45) is 7.05 Å². The second kappa shape index (κ2) is 9.28. The Morgan fingerprint density at radius 1 is 1.06 bits per heavy atom. The van der Waals surface area contributed by atoms with Gasteiger partial charge in [-0.3, -0.25) is 0 Å². The first-order valence-corrected chi connectivity index (χ1v) is 11.8. The van der Waals surface area contributed by atoms with E-state index in [1.165, 1.54) is 23.5 Å². The van der Waals surface area contributed by atoms with E-state index in [1.807, 2.05) is 42.1 Å². The average Bonchev–Trinajstić information content (AvgIpc) is 3.18. The molecular formula is C25H23FN2O5S. The average molecular weight is 483 g/mol. The van der Waals surface area contributed by atoms with Gasteiger partial charge >= 0.3 is 5.97 Å². The number of nitrogens with zero attached hydrogens (tertiary/aromatic N) is 2. The third-order valence-corrected chi connectivity index (χ3v) is 7.34. The molecule has 0 aliphatic rings. The lowest BCUT2D eigenvalue weighted by atomic mass is 10.0. The molecule has 4 aromatic rings. The van der Waals surface area contributed by atoms with Crippen molar-refractivity contribution in [3.63, 3.8) is 0 Å². The molecule has 0 atom stereocenters. The molecule has 0 saturated carbocycles. The van der Waals surface area contributed by atoms with Crippen molar-refractivity contribution >= 4 is 26.9 Å². The van der Waals surface area contributed by atoms with E-state index in [0.29, 0.717) is 16.9 Å². The number of aromatic nitrogens is 1. The fourth-order valence-electron chi connectivity index (χ4n) is 3.73. The first-order chi connectivity index (χ1) is 16.1. The van der Waals surface area contributed by atoms with Crippen LogP contribution in [0.3, 0.4) is 0 Å². The normalized spacial score (nSPS) is 11.8. The zero-order chi connectivity index (χ0) is 24.5. The molecule has 176 valence electrons. The van der Waals surface area contributed by atoms with Crippen LogP contribution in [0.25, 0.3) is 22.0 Å². The molecule has 0 aliphatic carbocycles. The van der Waals surface area contributed by atoms with Crippen LogP contribution in [0.15, 0.2) is 77.8 Å². The van der Waals surface area contributed by atoms with Crippen LogP contribution in [-0.4, -0.2) is 42.0 Å². The maximum Gasteiger partial charge on any atom is 0.341 e. The molecule has 1 N–H and O–H groups in total. The number of ether oxygens (including phenoxy) is 1. The summed E-state index contributed by atoms with van der Waals surface area (Å²) in [6, 6.07) is 17.6. The van der Waals surface area contributed by atoms with Gasteiger partial charge in [0.25, 0.3) is 0 Å². The van der Waals surface area contributed by atoms with E-state index in [2.05, 4.69) is 0 Å². The zero-order valence-electron chi connectivity index (χ0n) is 18.6. The van der Waals surface area contributed by atoms with E-state index in [0.717, 1.165) is 28.6 Å². The largest absolute Gasteiger partial charge is 0.481 e. The van der Waals surface area contributed by atoms with Gasteiger partial charge in [-0.2, -0.15) is 4.31 Å². The van der Waals surface area contributed by atoms with Crippen molar-refractivity contribution in [3.05, 3.63) is 84.3 Å². The highest BCUT2D eigenvalue weighted by Gasteiger charge is 2.22. The minimum Gasteiger partial charge on any atom is -0.481 e. The van der Waals surface area contributed by atoms with Gasteiger partial charge in [0.2, 0.25) is 10.0 Å². The highest BCUT2D eigenvalue weighted by molar-refractivity contribution is 7.89. The molecule has 0 fully saturated rings. The molecule has 0 radical (unpaired) electrons. The molecule has 0 spiro atoms. The number of fused-ring (bicyclic) bond motifs is 1. The predicted octanol–water partition coefficient (Wildman–Crippen LogP) is 4.27. The Kier molecular flexibility index (Phi) is 6.41. The number of benzene rings is 3. The van der Waals surface area contributed by atoms with Crippen LogP contribution in [0.5, 0.6) is 5.75 Å². The predicted molar refractivity (Wildman–Crippen MR) is 127 cm³/mol. The topological polar surface area (TPSA) is 88.8 Å². The third kappa shape index (κ3) is 4.80. The van der Waals surface area contributed by atoms with Crippen LogP contribution in [0.1, 0.15) is 5.56 Å².